The van der Waals surface area contributed by atoms with Gasteiger partial charge in [0.25, 0.3) is 0 Å². The van der Waals surface area contributed by atoms with Gasteiger partial charge in [-0.15, -0.1) is 0 Å². The zero-order chi connectivity index (χ0) is 16.6. The van der Waals surface area contributed by atoms with Crippen LogP contribution in [0.5, 0.6) is 0 Å². The number of rotatable bonds is 2. The Kier molecular flexibility index (Phi) is 4.23. The number of hydrogen-bond donors (Lipinski definition) is 1. The van der Waals surface area contributed by atoms with Crippen LogP contribution < -0.4 is 10.6 Å². The number of halogens is 1. The van der Waals surface area contributed by atoms with Crippen LogP contribution in [0.1, 0.15) is 26.2 Å². The average molecular weight is 335 g/mol. The van der Waals surface area contributed by atoms with Crippen LogP contribution in [-0.4, -0.2) is 42.4 Å². The fourth-order valence-corrected chi connectivity index (χ4v) is 3.74. The predicted octanol–water partition coefficient (Wildman–Crippen LogP) is 2.49. The highest BCUT2D eigenvalue weighted by atomic mass is 35.5. The summed E-state index contributed by atoms with van der Waals surface area (Å²) in [5, 5.41) is 0.743. The van der Waals surface area contributed by atoms with Crippen LogP contribution in [0.25, 0.3) is 0 Å². The van der Waals surface area contributed by atoms with Gasteiger partial charge in [-0.1, -0.05) is 17.7 Å². The first-order chi connectivity index (χ1) is 10.9. The Balaban J connectivity index is 1.82. The molecule has 1 aromatic carbocycles. The second-order valence-corrected chi connectivity index (χ2v) is 7.16. The minimum atomic E-state index is -0.426. The summed E-state index contributed by atoms with van der Waals surface area (Å²) in [4.78, 5) is 20.6. The quantitative estimate of drug-likeness (QED) is 0.903. The second kappa shape index (κ2) is 6.04. The van der Waals surface area contributed by atoms with Gasteiger partial charge in [0, 0.05) is 36.8 Å². The molecule has 0 spiro atoms. The lowest BCUT2D eigenvalue weighted by Gasteiger charge is -2.44. The smallest absolute Gasteiger partial charge is 0.231 e. The number of amides is 1. The van der Waals surface area contributed by atoms with Crippen LogP contribution in [0.2, 0.25) is 5.02 Å². The van der Waals surface area contributed by atoms with E-state index in [-0.39, 0.29) is 5.91 Å². The first kappa shape index (κ1) is 16.1. The van der Waals surface area contributed by atoms with Gasteiger partial charge in [-0.2, -0.15) is 0 Å². The molecule has 0 saturated carbocycles. The fourth-order valence-electron chi connectivity index (χ4n) is 3.56. The van der Waals surface area contributed by atoms with Crippen molar-refractivity contribution in [2.24, 2.45) is 16.6 Å². The third kappa shape index (κ3) is 3.15. The van der Waals surface area contributed by atoms with E-state index >= 15 is 0 Å². The monoisotopic (exact) mass is 334 g/mol. The highest BCUT2D eigenvalue weighted by Crippen LogP contribution is 2.37. The van der Waals surface area contributed by atoms with Gasteiger partial charge in [0.15, 0.2) is 5.96 Å². The fraction of sp³-hybridized carbons (Fsp3) is 0.529. The van der Waals surface area contributed by atoms with Crippen LogP contribution in [-0.2, 0) is 4.79 Å². The summed E-state index contributed by atoms with van der Waals surface area (Å²) in [5.41, 5.74) is 6.64. The van der Waals surface area contributed by atoms with E-state index in [9.17, 15) is 4.79 Å². The topological polar surface area (TPSA) is 61.9 Å². The predicted molar refractivity (Wildman–Crippen MR) is 93.8 cm³/mol. The number of carbonyl (C=O) groups is 1. The molecule has 3 rings (SSSR count). The van der Waals surface area contributed by atoms with E-state index in [2.05, 4.69) is 22.9 Å². The molecule has 1 amide bonds. The molecule has 1 unspecified atom stereocenters. The third-order valence-corrected chi connectivity index (χ3v) is 5.31. The van der Waals surface area contributed by atoms with E-state index in [0.29, 0.717) is 18.3 Å². The summed E-state index contributed by atoms with van der Waals surface area (Å²) >= 11 is 6.12. The zero-order valence-corrected chi connectivity index (χ0v) is 14.4. The molecule has 2 atom stereocenters. The molecule has 2 aliphatic heterocycles. The first-order valence-electron chi connectivity index (χ1n) is 8.01. The van der Waals surface area contributed by atoms with Crippen LogP contribution in [0.15, 0.2) is 29.3 Å². The molecule has 2 aliphatic rings. The maximum atomic E-state index is 12.2. The molecular formula is C17H23ClN4O. The van der Waals surface area contributed by atoms with Crippen molar-refractivity contribution >= 4 is 29.2 Å². The standard InChI is InChI=1S/C17H23ClN4O/c1-17(10-15(23)21(2)16(19)20-17)12-5-4-8-22(11-12)14-7-3-6-13(18)9-14/h3,6-7,9,12H,4-5,8,10-11H2,1-2H3,(H2,19,20)/t12?,17-/m0/s1. The summed E-state index contributed by atoms with van der Waals surface area (Å²) in [5.74, 6) is 0.662. The third-order valence-electron chi connectivity index (χ3n) is 5.07. The Labute approximate surface area is 142 Å². The van der Waals surface area contributed by atoms with Crippen molar-refractivity contribution < 1.29 is 4.79 Å². The van der Waals surface area contributed by atoms with E-state index < -0.39 is 5.54 Å². The molecule has 1 saturated heterocycles. The van der Waals surface area contributed by atoms with E-state index in [4.69, 9.17) is 17.3 Å². The highest BCUT2D eigenvalue weighted by molar-refractivity contribution is 6.30. The molecule has 23 heavy (non-hydrogen) atoms. The summed E-state index contributed by atoms with van der Waals surface area (Å²) < 4.78 is 0. The summed E-state index contributed by atoms with van der Waals surface area (Å²) in [7, 11) is 1.68. The van der Waals surface area contributed by atoms with Crippen molar-refractivity contribution in [1.82, 2.24) is 4.90 Å². The molecule has 124 valence electrons. The lowest BCUT2D eigenvalue weighted by molar-refractivity contribution is -0.129. The van der Waals surface area contributed by atoms with E-state index in [1.54, 1.807) is 7.05 Å². The van der Waals surface area contributed by atoms with Gasteiger partial charge in [-0.3, -0.25) is 9.69 Å². The normalized spacial score (nSPS) is 28.7. The van der Waals surface area contributed by atoms with Crippen molar-refractivity contribution in [1.29, 1.82) is 0 Å². The second-order valence-electron chi connectivity index (χ2n) is 6.72. The zero-order valence-electron chi connectivity index (χ0n) is 13.6. The first-order valence-corrected chi connectivity index (χ1v) is 8.39. The molecular weight excluding hydrogens is 312 g/mol. The minimum Gasteiger partial charge on any atom is -0.371 e. The van der Waals surface area contributed by atoms with Gasteiger partial charge in [-0.25, -0.2) is 4.99 Å². The van der Waals surface area contributed by atoms with Gasteiger partial charge in [-0.05, 0) is 38.0 Å². The van der Waals surface area contributed by atoms with Crippen molar-refractivity contribution in [3.05, 3.63) is 29.3 Å². The summed E-state index contributed by atoms with van der Waals surface area (Å²) in [6.07, 6.45) is 2.55. The number of aliphatic imine (C=N–C) groups is 1. The molecule has 0 aliphatic carbocycles. The molecule has 0 radical (unpaired) electrons. The number of guanidine groups is 1. The summed E-state index contributed by atoms with van der Waals surface area (Å²) in [6, 6.07) is 7.92. The highest BCUT2D eigenvalue weighted by Gasteiger charge is 2.42. The number of carbonyl (C=O) groups excluding carboxylic acids is 1. The van der Waals surface area contributed by atoms with Crippen LogP contribution in [0.4, 0.5) is 5.69 Å². The molecule has 6 heteroatoms. The molecule has 2 N–H and O–H groups in total. The van der Waals surface area contributed by atoms with Crippen molar-refractivity contribution in [2.45, 2.75) is 31.7 Å². The van der Waals surface area contributed by atoms with Gasteiger partial charge >= 0.3 is 0 Å². The van der Waals surface area contributed by atoms with Gasteiger partial charge < -0.3 is 10.6 Å². The molecule has 2 heterocycles. The number of piperidine rings is 1. The Morgan fingerprint density at radius 1 is 1.43 bits per heavy atom. The largest absolute Gasteiger partial charge is 0.371 e. The van der Waals surface area contributed by atoms with E-state index in [0.717, 1.165) is 36.6 Å². The van der Waals surface area contributed by atoms with Crippen molar-refractivity contribution in [3.8, 4) is 0 Å². The van der Waals surface area contributed by atoms with Crippen LogP contribution in [0, 0.1) is 5.92 Å². The lowest BCUT2D eigenvalue weighted by Crippen LogP contribution is -2.54. The average Bonchev–Trinajstić information content (AvgIpc) is 2.53. The number of nitrogens with zero attached hydrogens (tertiary/aromatic N) is 3. The number of hydrogen-bond acceptors (Lipinski definition) is 4. The van der Waals surface area contributed by atoms with Gasteiger partial charge in [0.2, 0.25) is 5.91 Å². The molecule has 0 aromatic heterocycles. The maximum absolute atomic E-state index is 12.2. The Bertz CT molecular complexity index is 647. The van der Waals surface area contributed by atoms with Crippen molar-refractivity contribution in [2.75, 3.05) is 25.0 Å². The van der Waals surface area contributed by atoms with Gasteiger partial charge in [0.1, 0.15) is 0 Å². The molecule has 0 bridgehead atoms. The Morgan fingerprint density at radius 2 is 2.22 bits per heavy atom. The number of nitrogens with two attached hydrogens (primary N) is 1. The Hall–Kier alpha value is -1.75. The molecule has 5 nitrogen and oxygen atoms in total. The molecule has 1 aromatic rings. The van der Waals surface area contributed by atoms with E-state index in [1.165, 1.54) is 4.90 Å². The van der Waals surface area contributed by atoms with Crippen LogP contribution in [0.3, 0.4) is 0 Å². The minimum absolute atomic E-state index is 0.0416. The number of benzene rings is 1. The lowest BCUT2D eigenvalue weighted by atomic mass is 9.77. The molecule has 1 fully saturated rings. The van der Waals surface area contributed by atoms with Crippen molar-refractivity contribution in [3.63, 3.8) is 0 Å². The van der Waals surface area contributed by atoms with Crippen LogP contribution >= 0.6 is 11.6 Å². The maximum Gasteiger partial charge on any atom is 0.231 e. The van der Waals surface area contributed by atoms with E-state index in [1.807, 2.05) is 18.2 Å². The summed E-state index contributed by atoms with van der Waals surface area (Å²) in [6.45, 7) is 3.92. The Morgan fingerprint density at radius 3 is 2.91 bits per heavy atom. The van der Waals surface area contributed by atoms with Gasteiger partial charge in [0.05, 0.1) is 12.0 Å². The SMILES string of the molecule is CN1C(=O)C[C@@](C)(C2CCCN(c3cccc(Cl)c3)C2)N=C1N. The number of anilines is 1.